The highest BCUT2D eigenvalue weighted by Crippen LogP contribution is 2.31. The van der Waals surface area contributed by atoms with E-state index in [-0.39, 0.29) is 22.7 Å². The summed E-state index contributed by atoms with van der Waals surface area (Å²) >= 11 is 0. The summed E-state index contributed by atoms with van der Waals surface area (Å²) in [6, 6.07) is 8.04. The van der Waals surface area contributed by atoms with Crippen LogP contribution in [0, 0.1) is 11.9 Å². The average Bonchev–Trinajstić information content (AvgIpc) is 3.45. The fraction of sp³-hybridized carbons (Fsp3) is 0.176. The van der Waals surface area contributed by atoms with Crippen LogP contribution in [-0.4, -0.2) is 22.8 Å². The third-order valence-corrected chi connectivity index (χ3v) is 3.62. The van der Waals surface area contributed by atoms with Gasteiger partial charge >= 0.3 is 5.97 Å². The van der Waals surface area contributed by atoms with Crippen molar-refractivity contribution in [3.8, 4) is 0 Å². The van der Waals surface area contributed by atoms with E-state index in [0.717, 1.165) is 17.3 Å². The highest BCUT2D eigenvalue weighted by Gasteiger charge is 2.35. The van der Waals surface area contributed by atoms with E-state index in [1.807, 2.05) is 0 Å². The smallest absolute Gasteiger partial charge is 0.336 e. The number of hydrogen-bond acceptors (Lipinski definition) is 5. The van der Waals surface area contributed by atoms with Gasteiger partial charge in [-0.2, -0.15) is 4.39 Å². The predicted molar refractivity (Wildman–Crippen MR) is 84.8 cm³/mol. The van der Waals surface area contributed by atoms with Gasteiger partial charge in [0.15, 0.2) is 0 Å². The molecule has 1 heterocycles. The molecule has 1 aliphatic rings. The average molecular weight is 343 g/mol. The van der Waals surface area contributed by atoms with Crippen LogP contribution in [0.15, 0.2) is 42.6 Å². The summed E-state index contributed by atoms with van der Waals surface area (Å²) in [5, 5.41) is 0.766. The zero-order chi connectivity index (χ0) is 18.0. The normalized spacial score (nSPS) is 13.2. The van der Waals surface area contributed by atoms with Gasteiger partial charge in [0, 0.05) is 11.8 Å². The SMILES string of the molecule is NC(=O)c1cccc(N(OC(=O)C2CC2)C(=O)c2ccc(F)nc2)c1. The third kappa shape index (κ3) is 3.79. The third-order valence-electron chi connectivity index (χ3n) is 3.62. The van der Waals surface area contributed by atoms with Crippen molar-refractivity contribution in [3.63, 3.8) is 0 Å². The highest BCUT2D eigenvalue weighted by atomic mass is 19.1. The number of aromatic nitrogens is 1. The molecule has 2 aromatic rings. The summed E-state index contributed by atoms with van der Waals surface area (Å²) in [4.78, 5) is 44.7. The molecular weight excluding hydrogens is 329 g/mol. The second-order valence-electron chi connectivity index (χ2n) is 5.57. The van der Waals surface area contributed by atoms with Gasteiger partial charge in [-0.1, -0.05) is 6.07 Å². The zero-order valence-corrected chi connectivity index (χ0v) is 13.0. The Kier molecular flexibility index (Phi) is 4.42. The minimum absolute atomic E-state index is 0.0227. The first-order valence-electron chi connectivity index (χ1n) is 7.53. The molecule has 7 nitrogen and oxygen atoms in total. The fourth-order valence-electron chi connectivity index (χ4n) is 2.10. The predicted octanol–water partition coefficient (Wildman–Crippen LogP) is 1.83. The van der Waals surface area contributed by atoms with E-state index in [1.165, 1.54) is 30.3 Å². The quantitative estimate of drug-likeness (QED) is 0.674. The van der Waals surface area contributed by atoms with Gasteiger partial charge in [0.25, 0.3) is 5.91 Å². The van der Waals surface area contributed by atoms with E-state index in [1.54, 1.807) is 0 Å². The second kappa shape index (κ2) is 6.68. The lowest BCUT2D eigenvalue weighted by Crippen LogP contribution is -2.34. The summed E-state index contributed by atoms with van der Waals surface area (Å²) in [7, 11) is 0. The Balaban J connectivity index is 1.95. The topological polar surface area (TPSA) is 103 Å². The lowest BCUT2D eigenvalue weighted by Gasteiger charge is -2.21. The van der Waals surface area contributed by atoms with Crippen LogP contribution in [0.4, 0.5) is 10.1 Å². The van der Waals surface area contributed by atoms with Crippen molar-refractivity contribution in [2.45, 2.75) is 12.8 Å². The largest absolute Gasteiger partial charge is 0.366 e. The van der Waals surface area contributed by atoms with Crippen molar-refractivity contribution in [3.05, 3.63) is 59.7 Å². The number of anilines is 1. The molecule has 0 unspecified atom stereocenters. The highest BCUT2D eigenvalue weighted by molar-refractivity contribution is 6.06. The molecule has 25 heavy (non-hydrogen) atoms. The number of primary amides is 1. The van der Waals surface area contributed by atoms with Gasteiger partial charge in [0.05, 0.1) is 17.2 Å². The molecule has 0 saturated heterocycles. The molecule has 3 rings (SSSR count). The molecule has 1 saturated carbocycles. The Hall–Kier alpha value is -3.29. The van der Waals surface area contributed by atoms with Gasteiger partial charge in [-0.3, -0.25) is 9.59 Å². The number of hydroxylamine groups is 1. The number of hydrogen-bond donors (Lipinski definition) is 1. The van der Waals surface area contributed by atoms with Crippen molar-refractivity contribution >= 4 is 23.5 Å². The van der Waals surface area contributed by atoms with Gasteiger partial charge < -0.3 is 10.6 Å². The molecule has 1 fully saturated rings. The van der Waals surface area contributed by atoms with Gasteiger partial charge in [-0.05, 0) is 43.2 Å². The molecule has 8 heteroatoms. The lowest BCUT2D eigenvalue weighted by molar-refractivity contribution is -0.145. The van der Waals surface area contributed by atoms with Crippen LogP contribution in [0.5, 0.6) is 0 Å². The number of amides is 2. The number of benzene rings is 1. The van der Waals surface area contributed by atoms with Crippen molar-refractivity contribution in [1.29, 1.82) is 0 Å². The molecule has 2 amide bonds. The summed E-state index contributed by atoms with van der Waals surface area (Å²) < 4.78 is 13.0. The maximum atomic E-state index is 13.0. The van der Waals surface area contributed by atoms with Gasteiger partial charge in [-0.15, -0.1) is 5.06 Å². The minimum Gasteiger partial charge on any atom is -0.366 e. The Labute approximate surface area is 142 Å². The second-order valence-corrected chi connectivity index (χ2v) is 5.57. The molecule has 1 aromatic carbocycles. The number of nitrogens with two attached hydrogens (primary N) is 1. The van der Waals surface area contributed by atoms with Crippen molar-refractivity contribution in [2.75, 3.05) is 5.06 Å². The number of carbonyl (C=O) groups is 3. The van der Waals surface area contributed by atoms with Crippen molar-refractivity contribution in [1.82, 2.24) is 4.98 Å². The van der Waals surface area contributed by atoms with E-state index >= 15 is 0 Å². The fourth-order valence-corrected chi connectivity index (χ4v) is 2.10. The molecule has 0 spiro atoms. The molecule has 2 N–H and O–H groups in total. The molecule has 1 aliphatic carbocycles. The number of halogens is 1. The first-order valence-corrected chi connectivity index (χ1v) is 7.53. The molecule has 0 radical (unpaired) electrons. The lowest BCUT2D eigenvalue weighted by atomic mass is 10.2. The standard InChI is InChI=1S/C17H14FN3O4/c18-14-7-6-12(9-20-14)16(23)21(25-17(24)10-4-5-10)13-3-1-2-11(8-13)15(19)22/h1-3,6-10H,4-5H2,(H2,19,22). The van der Waals surface area contributed by atoms with Gasteiger partial charge in [-0.25, -0.2) is 9.78 Å². The van der Waals surface area contributed by atoms with Crippen molar-refractivity contribution < 1.29 is 23.6 Å². The van der Waals surface area contributed by atoms with Crippen LogP contribution in [0.1, 0.15) is 33.6 Å². The number of rotatable bonds is 4. The Morgan fingerprint density at radius 2 is 1.92 bits per heavy atom. The van der Waals surface area contributed by atoms with E-state index in [2.05, 4.69) is 4.98 Å². The first kappa shape index (κ1) is 16.6. The molecule has 0 bridgehead atoms. The van der Waals surface area contributed by atoms with Crippen LogP contribution < -0.4 is 10.8 Å². The number of pyridine rings is 1. The monoisotopic (exact) mass is 343 g/mol. The maximum absolute atomic E-state index is 13.0. The van der Waals surface area contributed by atoms with Crippen molar-refractivity contribution in [2.24, 2.45) is 11.7 Å². The van der Waals surface area contributed by atoms with Gasteiger partial charge in [0.1, 0.15) is 0 Å². The number of nitrogens with zero attached hydrogens (tertiary/aromatic N) is 2. The van der Waals surface area contributed by atoms with E-state index in [9.17, 15) is 18.8 Å². The van der Waals surface area contributed by atoms with Crippen LogP contribution in [0.2, 0.25) is 0 Å². The first-order chi connectivity index (χ1) is 12.0. The molecule has 1 aromatic heterocycles. The molecule has 0 aliphatic heterocycles. The van der Waals surface area contributed by atoms with Gasteiger partial charge in [0.2, 0.25) is 11.9 Å². The molecular formula is C17H14FN3O4. The summed E-state index contributed by atoms with van der Waals surface area (Å²) in [5.74, 6) is -2.95. The summed E-state index contributed by atoms with van der Waals surface area (Å²) in [6.07, 6.45) is 2.42. The Morgan fingerprint density at radius 1 is 1.16 bits per heavy atom. The van der Waals surface area contributed by atoms with Crippen LogP contribution in [0.3, 0.4) is 0 Å². The number of carbonyl (C=O) groups excluding carboxylic acids is 3. The molecule has 128 valence electrons. The maximum Gasteiger partial charge on any atom is 0.336 e. The van der Waals surface area contributed by atoms with Crippen LogP contribution in [0.25, 0.3) is 0 Å². The summed E-state index contributed by atoms with van der Waals surface area (Å²) in [5.41, 5.74) is 5.57. The Bertz CT molecular complexity index is 834. The van der Waals surface area contributed by atoms with Crippen LogP contribution in [-0.2, 0) is 9.63 Å². The van der Waals surface area contributed by atoms with E-state index in [4.69, 9.17) is 10.6 Å². The van der Waals surface area contributed by atoms with E-state index < -0.39 is 23.7 Å². The zero-order valence-electron chi connectivity index (χ0n) is 13.0. The van der Waals surface area contributed by atoms with E-state index in [0.29, 0.717) is 12.8 Å². The molecule has 0 atom stereocenters. The minimum atomic E-state index is -0.742. The summed E-state index contributed by atoms with van der Waals surface area (Å²) in [6.45, 7) is 0. The van der Waals surface area contributed by atoms with Crippen LogP contribution >= 0.6 is 0 Å². The Morgan fingerprint density at radius 3 is 2.52 bits per heavy atom.